The smallest absolute Gasteiger partial charge is 0.338 e. The van der Waals surface area contributed by atoms with Gasteiger partial charge in [0.2, 0.25) is 0 Å². The van der Waals surface area contributed by atoms with Crippen molar-refractivity contribution in [3.63, 3.8) is 0 Å². The van der Waals surface area contributed by atoms with Crippen molar-refractivity contribution in [1.82, 2.24) is 10.6 Å². The maximum absolute atomic E-state index is 12.4. The van der Waals surface area contributed by atoms with Crippen LogP contribution < -0.4 is 15.4 Å². The number of allylic oxidation sites excluding steroid dienone is 2. The Kier molecular flexibility index (Phi) is 6.01. The first-order valence-corrected chi connectivity index (χ1v) is 7.86. The van der Waals surface area contributed by atoms with E-state index in [1.165, 1.54) is 0 Å². The average Bonchev–Trinajstić information content (AvgIpc) is 2.55. The van der Waals surface area contributed by atoms with Crippen molar-refractivity contribution in [2.24, 2.45) is 0 Å². The van der Waals surface area contributed by atoms with Crippen LogP contribution in [-0.2, 0) is 9.53 Å². The second-order valence-corrected chi connectivity index (χ2v) is 5.24. The summed E-state index contributed by atoms with van der Waals surface area (Å²) in [5, 5.41) is 5.39. The van der Waals surface area contributed by atoms with Gasteiger partial charge in [0, 0.05) is 5.70 Å². The molecule has 0 bridgehead atoms. The number of benzene rings is 1. The molecule has 1 aliphatic rings. The summed E-state index contributed by atoms with van der Waals surface area (Å²) in [6, 6.07) is 6.36. The number of carbonyl (C=O) groups excluding carboxylic acids is 2. The van der Waals surface area contributed by atoms with E-state index >= 15 is 0 Å². The molecule has 24 heavy (non-hydrogen) atoms. The van der Waals surface area contributed by atoms with E-state index in [0.717, 1.165) is 5.56 Å². The highest BCUT2D eigenvalue weighted by Crippen LogP contribution is 2.29. The lowest BCUT2D eigenvalue weighted by molar-refractivity contribution is -0.138. The van der Waals surface area contributed by atoms with Crippen molar-refractivity contribution in [2.45, 2.75) is 26.8 Å². The van der Waals surface area contributed by atoms with E-state index in [0.29, 0.717) is 23.6 Å². The molecule has 0 spiro atoms. The van der Waals surface area contributed by atoms with Crippen LogP contribution >= 0.6 is 0 Å². The molecule has 1 aromatic carbocycles. The fraction of sp³-hybridized carbons (Fsp3) is 0.333. The van der Waals surface area contributed by atoms with Crippen LogP contribution in [0.15, 0.2) is 47.7 Å². The second-order valence-electron chi connectivity index (χ2n) is 5.24. The van der Waals surface area contributed by atoms with Gasteiger partial charge in [-0.2, -0.15) is 0 Å². The summed E-state index contributed by atoms with van der Waals surface area (Å²) < 4.78 is 10.7. The zero-order chi connectivity index (χ0) is 17.5. The summed E-state index contributed by atoms with van der Waals surface area (Å²) in [7, 11) is 0. The first-order valence-electron chi connectivity index (χ1n) is 7.86. The first-order chi connectivity index (χ1) is 11.6. The summed E-state index contributed by atoms with van der Waals surface area (Å²) in [6.07, 6.45) is 3.55. The molecule has 2 amide bonds. The first kappa shape index (κ1) is 17.6. The largest absolute Gasteiger partial charge is 0.494 e. The Balaban J connectivity index is 2.34. The summed E-state index contributed by atoms with van der Waals surface area (Å²) >= 11 is 0. The molecular weight excluding hydrogens is 308 g/mol. The van der Waals surface area contributed by atoms with E-state index in [1.54, 1.807) is 19.1 Å². The molecule has 0 unspecified atom stereocenters. The Hall–Kier alpha value is -2.76. The third kappa shape index (κ3) is 4.16. The predicted octanol–water partition coefficient (Wildman–Crippen LogP) is 2.83. The number of rotatable bonds is 6. The Morgan fingerprint density at radius 2 is 2.17 bits per heavy atom. The Bertz CT molecular complexity index is 679. The minimum atomic E-state index is -0.586. The number of carbonyl (C=O) groups is 2. The summed E-state index contributed by atoms with van der Waals surface area (Å²) in [6.45, 7) is 6.15. The monoisotopic (exact) mass is 330 g/mol. The number of nitrogens with one attached hydrogen (secondary N) is 2. The van der Waals surface area contributed by atoms with Gasteiger partial charge >= 0.3 is 12.0 Å². The second kappa shape index (κ2) is 8.19. The van der Waals surface area contributed by atoms with Gasteiger partial charge in [0.05, 0.1) is 18.2 Å². The lowest BCUT2D eigenvalue weighted by Gasteiger charge is -2.28. The molecule has 1 aliphatic heterocycles. The zero-order valence-corrected chi connectivity index (χ0v) is 14.1. The van der Waals surface area contributed by atoms with E-state index in [2.05, 4.69) is 10.6 Å². The molecule has 0 saturated carbocycles. The molecule has 128 valence electrons. The van der Waals surface area contributed by atoms with Gasteiger partial charge in [0.15, 0.2) is 0 Å². The Morgan fingerprint density at radius 3 is 2.88 bits per heavy atom. The highest BCUT2D eigenvalue weighted by molar-refractivity contribution is 5.95. The maximum Gasteiger partial charge on any atom is 0.338 e. The topological polar surface area (TPSA) is 76.7 Å². The fourth-order valence-electron chi connectivity index (χ4n) is 2.46. The van der Waals surface area contributed by atoms with E-state index in [9.17, 15) is 9.59 Å². The lowest BCUT2D eigenvalue weighted by Crippen LogP contribution is -2.45. The number of hydrogen-bond acceptors (Lipinski definition) is 4. The zero-order valence-electron chi connectivity index (χ0n) is 14.1. The highest BCUT2D eigenvalue weighted by atomic mass is 16.5. The summed E-state index contributed by atoms with van der Waals surface area (Å²) in [5.74, 6) is 0.215. The normalized spacial score (nSPS) is 17.5. The van der Waals surface area contributed by atoms with E-state index < -0.39 is 12.0 Å². The van der Waals surface area contributed by atoms with Crippen LogP contribution in [0.5, 0.6) is 5.75 Å². The fourth-order valence-corrected chi connectivity index (χ4v) is 2.46. The van der Waals surface area contributed by atoms with Crippen LogP contribution in [0.2, 0.25) is 0 Å². The molecule has 0 aromatic heterocycles. The third-order valence-electron chi connectivity index (χ3n) is 3.54. The van der Waals surface area contributed by atoms with Gasteiger partial charge in [0.25, 0.3) is 0 Å². The number of urea groups is 1. The SMILES string of the molecule is C/C=C/COC(=O)C1=C(C)NC(=O)N[C@@H]1c1cccc(OCC)c1. The minimum absolute atomic E-state index is 0.186. The van der Waals surface area contributed by atoms with Crippen LogP contribution in [0.25, 0.3) is 0 Å². The number of amides is 2. The molecule has 0 saturated heterocycles. The number of ether oxygens (including phenoxy) is 2. The average molecular weight is 330 g/mol. The molecule has 0 radical (unpaired) electrons. The molecular formula is C18H22N2O4. The molecule has 6 heteroatoms. The maximum atomic E-state index is 12.4. The number of esters is 1. The van der Waals surface area contributed by atoms with Gasteiger partial charge in [-0.1, -0.05) is 24.3 Å². The Labute approximate surface area is 141 Å². The summed E-state index contributed by atoms with van der Waals surface area (Å²) in [5.41, 5.74) is 1.62. The van der Waals surface area contributed by atoms with Crippen LogP contribution in [-0.4, -0.2) is 25.2 Å². The van der Waals surface area contributed by atoms with Gasteiger partial charge in [-0.25, -0.2) is 9.59 Å². The van der Waals surface area contributed by atoms with Gasteiger partial charge in [-0.3, -0.25) is 0 Å². The van der Waals surface area contributed by atoms with E-state index in [1.807, 2.05) is 38.1 Å². The quantitative estimate of drug-likeness (QED) is 0.621. The van der Waals surface area contributed by atoms with Crippen LogP contribution in [0, 0.1) is 0 Å². The van der Waals surface area contributed by atoms with Crippen molar-refractivity contribution >= 4 is 12.0 Å². The van der Waals surface area contributed by atoms with Crippen LogP contribution in [0.3, 0.4) is 0 Å². The van der Waals surface area contributed by atoms with Crippen molar-refractivity contribution in [2.75, 3.05) is 13.2 Å². The highest BCUT2D eigenvalue weighted by Gasteiger charge is 2.32. The predicted molar refractivity (Wildman–Crippen MR) is 90.5 cm³/mol. The van der Waals surface area contributed by atoms with Crippen LogP contribution in [0.1, 0.15) is 32.4 Å². The molecule has 1 heterocycles. The molecule has 1 aromatic rings. The van der Waals surface area contributed by atoms with Gasteiger partial charge in [-0.05, 0) is 38.5 Å². The molecule has 6 nitrogen and oxygen atoms in total. The van der Waals surface area contributed by atoms with Gasteiger partial charge in [0.1, 0.15) is 12.4 Å². The standard InChI is InChI=1S/C18H22N2O4/c1-4-6-10-24-17(21)15-12(3)19-18(22)20-16(15)13-8-7-9-14(11-13)23-5-2/h4,6-9,11,16H,5,10H2,1-3H3,(H2,19,20,22)/b6-4+/t16-/m1/s1. The molecule has 2 rings (SSSR count). The van der Waals surface area contributed by atoms with Crippen molar-refractivity contribution in [1.29, 1.82) is 0 Å². The minimum Gasteiger partial charge on any atom is -0.494 e. The third-order valence-corrected chi connectivity index (χ3v) is 3.54. The van der Waals surface area contributed by atoms with Gasteiger partial charge < -0.3 is 20.1 Å². The van der Waals surface area contributed by atoms with E-state index in [-0.39, 0.29) is 12.6 Å². The molecule has 2 N–H and O–H groups in total. The van der Waals surface area contributed by atoms with Crippen LogP contribution in [0.4, 0.5) is 4.79 Å². The molecule has 0 aliphatic carbocycles. The van der Waals surface area contributed by atoms with Crippen molar-refractivity contribution in [3.8, 4) is 5.75 Å². The lowest BCUT2D eigenvalue weighted by atomic mass is 9.95. The summed E-state index contributed by atoms with van der Waals surface area (Å²) in [4.78, 5) is 24.3. The Morgan fingerprint density at radius 1 is 1.38 bits per heavy atom. The van der Waals surface area contributed by atoms with E-state index in [4.69, 9.17) is 9.47 Å². The molecule has 1 atom stereocenters. The number of hydrogen-bond donors (Lipinski definition) is 2. The van der Waals surface area contributed by atoms with Crippen molar-refractivity contribution < 1.29 is 19.1 Å². The van der Waals surface area contributed by atoms with Crippen molar-refractivity contribution in [3.05, 3.63) is 53.3 Å². The molecule has 0 fully saturated rings. The van der Waals surface area contributed by atoms with Gasteiger partial charge in [-0.15, -0.1) is 0 Å².